The van der Waals surface area contributed by atoms with E-state index in [1.807, 2.05) is 0 Å². The van der Waals surface area contributed by atoms with Crippen molar-refractivity contribution in [1.29, 1.82) is 0 Å². The molecule has 2 fully saturated rings. The number of hydrogen-bond donors (Lipinski definition) is 0. The highest BCUT2D eigenvalue weighted by Gasteiger charge is 2.45. The Bertz CT molecular complexity index is 153. The summed E-state index contributed by atoms with van der Waals surface area (Å²) < 4.78 is 5.43. The van der Waals surface area contributed by atoms with E-state index in [1.54, 1.807) is 0 Å². The molecule has 0 N–H and O–H groups in total. The minimum absolute atomic E-state index is 0.578. The first-order valence-electron chi connectivity index (χ1n) is 5.00. The summed E-state index contributed by atoms with van der Waals surface area (Å²) in [6.07, 6.45) is 1.29. The topological polar surface area (TPSA) is 12.5 Å². The maximum atomic E-state index is 5.43. The van der Waals surface area contributed by atoms with Crippen molar-refractivity contribution in [1.82, 2.24) is 4.90 Å². The third-order valence-electron chi connectivity index (χ3n) is 2.93. The smallest absolute Gasteiger partial charge is 0.0547 e. The summed E-state index contributed by atoms with van der Waals surface area (Å²) >= 11 is 0. The Morgan fingerprint density at radius 1 is 1.42 bits per heavy atom. The molecule has 0 aliphatic carbocycles. The molecule has 2 aliphatic heterocycles. The van der Waals surface area contributed by atoms with E-state index in [0.29, 0.717) is 5.41 Å². The van der Waals surface area contributed by atoms with Crippen LogP contribution in [0.1, 0.15) is 20.3 Å². The lowest BCUT2D eigenvalue weighted by Crippen LogP contribution is -2.57. The van der Waals surface area contributed by atoms with Crippen LogP contribution < -0.4 is 0 Å². The zero-order chi connectivity index (χ0) is 8.60. The van der Waals surface area contributed by atoms with Crippen molar-refractivity contribution in [3.63, 3.8) is 0 Å². The molecule has 2 aliphatic rings. The summed E-state index contributed by atoms with van der Waals surface area (Å²) in [5.74, 6) is 0.810. The number of ether oxygens (including phenoxy) is 1. The number of hydrogen-bond acceptors (Lipinski definition) is 2. The average molecular weight is 169 g/mol. The van der Waals surface area contributed by atoms with E-state index < -0.39 is 0 Å². The van der Waals surface area contributed by atoms with Gasteiger partial charge in [0, 0.05) is 31.7 Å². The van der Waals surface area contributed by atoms with Gasteiger partial charge in [0.2, 0.25) is 0 Å². The van der Waals surface area contributed by atoms with E-state index in [0.717, 1.165) is 19.1 Å². The molecule has 0 aromatic heterocycles. The summed E-state index contributed by atoms with van der Waals surface area (Å²) in [5.41, 5.74) is 0.578. The van der Waals surface area contributed by atoms with Gasteiger partial charge in [-0.15, -0.1) is 0 Å². The zero-order valence-corrected chi connectivity index (χ0v) is 8.18. The first-order valence-corrected chi connectivity index (χ1v) is 5.00. The van der Waals surface area contributed by atoms with Gasteiger partial charge >= 0.3 is 0 Å². The highest BCUT2D eigenvalue weighted by molar-refractivity contribution is 4.97. The molecule has 0 saturated carbocycles. The van der Waals surface area contributed by atoms with E-state index >= 15 is 0 Å². The van der Waals surface area contributed by atoms with Gasteiger partial charge in [-0.3, -0.25) is 0 Å². The van der Waals surface area contributed by atoms with Crippen molar-refractivity contribution in [2.75, 3.05) is 32.8 Å². The predicted octanol–water partition coefficient (Wildman–Crippen LogP) is 1.36. The highest BCUT2D eigenvalue weighted by Crippen LogP contribution is 2.38. The van der Waals surface area contributed by atoms with Crippen molar-refractivity contribution in [2.45, 2.75) is 20.3 Å². The molecule has 0 atom stereocenters. The Labute approximate surface area is 74.9 Å². The van der Waals surface area contributed by atoms with Crippen LogP contribution in [0.3, 0.4) is 0 Å². The lowest BCUT2D eigenvalue weighted by Gasteiger charge is -2.48. The van der Waals surface area contributed by atoms with Gasteiger partial charge in [0.1, 0.15) is 0 Å². The van der Waals surface area contributed by atoms with Gasteiger partial charge in [-0.05, 0) is 12.3 Å². The standard InChI is InChI=1S/C10H19NO/c1-9(2)5-11-6-10(7-11)3-4-12-8-10/h9H,3-8H2,1-2H3. The fourth-order valence-corrected chi connectivity index (χ4v) is 2.45. The van der Waals surface area contributed by atoms with Crippen LogP contribution in [0.4, 0.5) is 0 Å². The first kappa shape index (κ1) is 8.52. The molecule has 70 valence electrons. The molecule has 2 heterocycles. The zero-order valence-electron chi connectivity index (χ0n) is 8.18. The molecule has 0 radical (unpaired) electrons. The molecule has 0 aromatic carbocycles. The predicted molar refractivity (Wildman–Crippen MR) is 49.1 cm³/mol. The summed E-state index contributed by atoms with van der Waals surface area (Å²) in [4.78, 5) is 2.55. The fraction of sp³-hybridized carbons (Fsp3) is 1.00. The highest BCUT2D eigenvalue weighted by atomic mass is 16.5. The van der Waals surface area contributed by atoms with Crippen LogP contribution in [-0.2, 0) is 4.74 Å². The monoisotopic (exact) mass is 169 g/mol. The van der Waals surface area contributed by atoms with Gasteiger partial charge in [0.25, 0.3) is 0 Å². The maximum absolute atomic E-state index is 5.43. The Morgan fingerprint density at radius 3 is 2.67 bits per heavy atom. The first-order chi connectivity index (χ1) is 5.70. The second-order valence-electron chi connectivity index (χ2n) is 4.87. The third-order valence-corrected chi connectivity index (χ3v) is 2.93. The minimum atomic E-state index is 0.578. The summed E-state index contributed by atoms with van der Waals surface area (Å²) in [7, 11) is 0. The van der Waals surface area contributed by atoms with E-state index in [9.17, 15) is 0 Å². The number of nitrogens with zero attached hydrogens (tertiary/aromatic N) is 1. The van der Waals surface area contributed by atoms with Crippen LogP contribution in [-0.4, -0.2) is 37.7 Å². The van der Waals surface area contributed by atoms with Crippen molar-refractivity contribution in [3.05, 3.63) is 0 Å². The van der Waals surface area contributed by atoms with Gasteiger partial charge in [-0.25, -0.2) is 0 Å². The quantitative estimate of drug-likeness (QED) is 0.619. The van der Waals surface area contributed by atoms with Gasteiger partial charge in [-0.2, -0.15) is 0 Å². The van der Waals surface area contributed by atoms with Crippen molar-refractivity contribution >= 4 is 0 Å². The van der Waals surface area contributed by atoms with Gasteiger partial charge < -0.3 is 9.64 Å². The van der Waals surface area contributed by atoms with Crippen molar-refractivity contribution in [2.24, 2.45) is 11.3 Å². The molecule has 0 bridgehead atoms. The average Bonchev–Trinajstić information content (AvgIpc) is 2.33. The molecule has 2 saturated heterocycles. The normalized spacial score (nSPS) is 28.2. The lowest BCUT2D eigenvalue weighted by atomic mass is 9.79. The molecule has 0 unspecified atom stereocenters. The summed E-state index contributed by atoms with van der Waals surface area (Å²) in [5, 5.41) is 0. The maximum Gasteiger partial charge on any atom is 0.0547 e. The summed E-state index contributed by atoms with van der Waals surface area (Å²) in [6, 6.07) is 0. The molecular formula is C10H19NO. The van der Waals surface area contributed by atoms with Crippen LogP contribution in [0.15, 0.2) is 0 Å². The van der Waals surface area contributed by atoms with E-state index in [4.69, 9.17) is 4.74 Å². The Morgan fingerprint density at radius 2 is 2.17 bits per heavy atom. The van der Waals surface area contributed by atoms with E-state index in [-0.39, 0.29) is 0 Å². The molecule has 2 nitrogen and oxygen atoms in total. The second kappa shape index (κ2) is 3.00. The van der Waals surface area contributed by atoms with E-state index in [2.05, 4.69) is 18.7 Å². The van der Waals surface area contributed by atoms with Gasteiger partial charge in [0.15, 0.2) is 0 Å². The molecule has 1 spiro atoms. The van der Waals surface area contributed by atoms with E-state index in [1.165, 1.54) is 26.1 Å². The van der Waals surface area contributed by atoms with Crippen LogP contribution in [0.25, 0.3) is 0 Å². The lowest BCUT2D eigenvalue weighted by molar-refractivity contribution is -0.0133. The van der Waals surface area contributed by atoms with Crippen LogP contribution >= 0.6 is 0 Å². The number of rotatable bonds is 2. The Kier molecular flexibility index (Phi) is 2.13. The molecule has 2 heteroatoms. The third kappa shape index (κ3) is 1.50. The Balaban J connectivity index is 1.75. The van der Waals surface area contributed by atoms with Gasteiger partial charge in [-0.1, -0.05) is 13.8 Å². The second-order valence-corrected chi connectivity index (χ2v) is 4.87. The SMILES string of the molecule is CC(C)CN1CC2(CCOC2)C1. The van der Waals surface area contributed by atoms with Crippen LogP contribution in [0, 0.1) is 11.3 Å². The van der Waals surface area contributed by atoms with Crippen molar-refractivity contribution < 1.29 is 4.74 Å². The van der Waals surface area contributed by atoms with Crippen LogP contribution in [0.2, 0.25) is 0 Å². The molecule has 12 heavy (non-hydrogen) atoms. The van der Waals surface area contributed by atoms with Gasteiger partial charge in [0.05, 0.1) is 6.61 Å². The Hall–Kier alpha value is -0.0800. The largest absolute Gasteiger partial charge is 0.381 e. The van der Waals surface area contributed by atoms with Crippen LogP contribution in [0.5, 0.6) is 0 Å². The van der Waals surface area contributed by atoms with Crippen molar-refractivity contribution in [3.8, 4) is 0 Å². The molecule has 0 amide bonds. The molecule has 0 aromatic rings. The minimum Gasteiger partial charge on any atom is -0.381 e. The summed E-state index contributed by atoms with van der Waals surface area (Å²) in [6.45, 7) is 10.4. The molecule has 2 rings (SSSR count). The number of likely N-dealkylation sites (tertiary alicyclic amines) is 1. The molecular weight excluding hydrogens is 150 g/mol. The fourth-order valence-electron chi connectivity index (χ4n) is 2.45.